The number of anilines is 2. The Hall–Kier alpha value is -2.04. The van der Waals surface area contributed by atoms with E-state index in [1.54, 1.807) is 24.9 Å². The third-order valence-electron chi connectivity index (χ3n) is 4.90. The van der Waals surface area contributed by atoms with Crippen molar-refractivity contribution < 1.29 is 4.79 Å². The van der Waals surface area contributed by atoms with Crippen molar-refractivity contribution in [1.82, 2.24) is 24.2 Å². The van der Waals surface area contributed by atoms with E-state index >= 15 is 0 Å². The second kappa shape index (κ2) is 9.40. The topological polar surface area (TPSA) is 83.9 Å². The number of aromatic nitrogens is 4. The van der Waals surface area contributed by atoms with Gasteiger partial charge in [0.15, 0.2) is 0 Å². The number of hydrogen-bond acceptors (Lipinski definition) is 8. The summed E-state index contributed by atoms with van der Waals surface area (Å²) in [7, 11) is 0. The predicted octanol–water partition coefficient (Wildman–Crippen LogP) is 5.02. The fourth-order valence-electron chi connectivity index (χ4n) is 3.24. The highest BCUT2D eigenvalue weighted by molar-refractivity contribution is 9.10. The molecule has 30 heavy (non-hydrogen) atoms. The molecule has 1 saturated heterocycles. The molecule has 1 amide bonds. The average molecular weight is 505 g/mol. The second-order valence-corrected chi connectivity index (χ2v) is 9.88. The molecule has 3 aromatic rings. The number of carbonyl (C=O) groups excluding carboxylic acids is 1. The molecule has 1 N–H and O–H groups in total. The minimum Gasteiger partial charge on any atom is -0.343 e. The Bertz CT molecular complexity index is 1030. The number of piperidine rings is 1. The summed E-state index contributed by atoms with van der Waals surface area (Å²) in [5.74, 6) is 2.01. The summed E-state index contributed by atoms with van der Waals surface area (Å²) in [6, 6.07) is 6.07. The van der Waals surface area contributed by atoms with Gasteiger partial charge in [0, 0.05) is 64.9 Å². The van der Waals surface area contributed by atoms with Crippen LogP contribution in [0.25, 0.3) is 0 Å². The van der Waals surface area contributed by atoms with Crippen LogP contribution in [0, 0.1) is 6.92 Å². The van der Waals surface area contributed by atoms with Crippen molar-refractivity contribution in [3.63, 3.8) is 0 Å². The van der Waals surface area contributed by atoms with Crippen LogP contribution >= 0.6 is 39.2 Å². The first-order chi connectivity index (χ1) is 14.5. The third-order valence-corrected chi connectivity index (χ3v) is 6.99. The number of pyridine rings is 2. The highest BCUT2D eigenvalue weighted by Gasteiger charge is 2.25. The first-order valence-corrected chi connectivity index (χ1v) is 12.0. The lowest BCUT2D eigenvalue weighted by Crippen LogP contribution is -2.36. The molecular weight excluding hydrogens is 484 g/mol. The van der Waals surface area contributed by atoms with E-state index in [1.807, 2.05) is 36.2 Å². The molecule has 1 aliphatic rings. The lowest BCUT2D eigenvalue weighted by molar-refractivity contribution is -0.129. The zero-order chi connectivity index (χ0) is 21.1. The number of carbonyl (C=O) groups is 1. The first kappa shape index (κ1) is 21.2. The smallest absolute Gasteiger partial charge is 0.219 e. The van der Waals surface area contributed by atoms with Crippen LogP contribution < -0.4 is 5.32 Å². The molecule has 7 nitrogen and oxygen atoms in total. The van der Waals surface area contributed by atoms with Crippen molar-refractivity contribution in [2.45, 2.75) is 42.4 Å². The molecule has 1 fully saturated rings. The Labute approximate surface area is 192 Å². The van der Waals surface area contributed by atoms with Crippen molar-refractivity contribution in [3.05, 3.63) is 46.6 Å². The zero-order valence-electron chi connectivity index (χ0n) is 16.6. The van der Waals surface area contributed by atoms with E-state index < -0.39 is 0 Å². The van der Waals surface area contributed by atoms with Gasteiger partial charge in [0.05, 0.1) is 4.90 Å². The van der Waals surface area contributed by atoms with E-state index in [4.69, 9.17) is 4.98 Å². The molecule has 0 spiro atoms. The van der Waals surface area contributed by atoms with Gasteiger partial charge in [-0.2, -0.15) is 4.37 Å². The first-order valence-electron chi connectivity index (χ1n) is 9.60. The van der Waals surface area contributed by atoms with Crippen LogP contribution in [0.3, 0.4) is 0 Å². The van der Waals surface area contributed by atoms with Crippen LogP contribution in [-0.4, -0.2) is 43.2 Å². The summed E-state index contributed by atoms with van der Waals surface area (Å²) >= 11 is 6.44. The predicted molar refractivity (Wildman–Crippen MR) is 122 cm³/mol. The maximum atomic E-state index is 11.5. The maximum absolute atomic E-state index is 11.5. The van der Waals surface area contributed by atoms with Gasteiger partial charge in [-0.05, 0) is 53.9 Å². The van der Waals surface area contributed by atoms with E-state index in [9.17, 15) is 4.79 Å². The van der Waals surface area contributed by atoms with Gasteiger partial charge < -0.3 is 10.2 Å². The molecule has 0 unspecified atom stereocenters. The molecule has 4 rings (SSSR count). The summed E-state index contributed by atoms with van der Waals surface area (Å²) in [4.78, 5) is 29.0. The Morgan fingerprint density at radius 3 is 2.77 bits per heavy atom. The van der Waals surface area contributed by atoms with Crippen LogP contribution in [-0.2, 0) is 4.79 Å². The lowest BCUT2D eigenvalue weighted by Gasteiger charge is -2.29. The molecule has 1 aliphatic heterocycles. The van der Waals surface area contributed by atoms with Crippen LogP contribution in [0.15, 0.2) is 44.9 Å². The van der Waals surface area contributed by atoms with Crippen LogP contribution in [0.1, 0.15) is 37.2 Å². The Balaban J connectivity index is 1.47. The molecule has 0 atom stereocenters. The number of halogens is 1. The van der Waals surface area contributed by atoms with Gasteiger partial charge in [-0.1, -0.05) is 11.8 Å². The van der Waals surface area contributed by atoms with Gasteiger partial charge in [-0.25, -0.2) is 9.97 Å². The number of nitrogens with one attached hydrogen (secondary N) is 1. The van der Waals surface area contributed by atoms with E-state index in [0.717, 1.165) is 62.7 Å². The molecule has 0 bridgehead atoms. The van der Waals surface area contributed by atoms with Gasteiger partial charge in [-0.15, -0.1) is 0 Å². The quantitative estimate of drug-likeness (QED) is 0.521. The Morgan fingerprint density at radius 2 is 2.07 bits per heavy atom. The fourth-order valence-corrected chi connectivity index (χ4v) is 5.25. The molecular formula is C20H21BrN6OS2. The van der Waals surface area contributed by atoms with Gasteiger partial charge >= 0.3 is 0 Å². The second-order valence-electron chi connectivity index (χ2n) is 7.10. The normalized spacial score (nSPS) is 14.7. The number of hydrogen-bond donors (Lipinski definition) is 1. The van der Waals surface area contributed by atoms with Gasteiger partial charge in [-0.3, -0.25) is 9.78 Å². The van der Waals surface area contributed by atoms with E-state index in [-0.39, 0.29) is 11.8 Å². The Kier molecular flexibility index (Phi) is 6.64. The van der Waals surface area contributed by atoms with E-state index in [1.165, 1.54) is 11.5 Å². The molecule has 3 aromatic heterocycles. The number of rotatable bonds is 5. The number of likely N-dealkylation sites (tertiary alicyclic amines) is 1. The molecule has 156 valence electrons. The standard InChI is InChI=1S/C20H21BrN6OS2/c1-12-3-4-16(11-22-12)29-17-9-15(21)10-23-19(17)25-20-24-18(26-30-20)14-5-7-27(8-6-14)13(2)28/h3-4,9-11,14H,5-8H2,1-2H3,(H,23,24,25,26). The molecule has 10 heteroatoms. The molecule has 0 aliphatic carbocycles. The van der Waals surface area contributed by atoms with Gasteiger partial charge in [0.1, 0.15) is 11.6 Å². The largest absolute Gasteiger partial charge is 0.343 e. The van der Waals surface area contributed by atoms with Crippen molar-refractivity contribution in [3.8, 4) is 0 Å². The molecule has 4 heterocycles. The summed E-state index contributed by atoms with van der Waals surface area (Å²) in [6.07, 6.45) is 5.42. The molecule has 0 radical (unpaired) electrons. The zero-order valence-corrected chi connectivity index (χ0v) is 19.9. The van der Waals surface area contributed by atoms with E-state index in [0.29, 0.717) is 0 Å². The fraction of sp³-hybridized carbons (Fsp3) is 0.350. The summed E-state index contributed by atoms with van der Waals surface area (Å²) in [5.41, 5.74) is 0.987. The van der Waals surface area contributed by atoms with Crippen molar-refractivity contribution in [2.75, 3.05) is 18.4 Å². The van der Waals surface area contributed by atoms with Crippen LogP contribution in [0.5, 0.6) is 0 Å². The molecule has 0 saturated carbocycles. The highest BCUT2D eigenvalue weighted by atomic mass is 79.9. The summed E-state index contributed by atoms with van der Waals surface area (Å²) < 4.78 is 5.47. The summed E-state index contributed by atoms with van der Waals surface area (Å²) in [5, 5.41) is 4.05. The average Bonchev–Trinajstić information content (AvgIpc) is 3.20. The van der Waals surface area contributed by atoms with E-state index in [2.05, 4.69) is 35.6 Å². The number of aryl methyl sites for hydroxylation is 1. The minimum absolute atomic E-state index is 0.136. The monoisotopic (exact) mass is 504 g/mol. The number of nitrogens with zero attached hydrogens (tertiary/aromatic N) is 5. The summed E-state index contributed by atoms with van der Waals surface area (Å²) in [6.45, 7) is 5.12. The van der Waals surface area contributed by atoms with Crippen LogP contribution in [0.2, 0.25) is 0 Å². The van der Waals surface area contributed by atoms with Crippen molar-refractivity contribution >= 4 is 56.1 Å². The van der Waals surface area contributed by atoms with Gasteiger partial charge in [0.2, 0.25) is 11.0 Å². The highest BCUT2D eigenvalue weighted by Crippen LogP contribution is 2.36. The SMILES string of the molecule is CC(=O)N1CCC(c2nsc(Nc3ncc(Br)cc3Sc3ccc(C)nc3)n2)CC1. The maximum Gasteiger partial charge on any atom is 0.219 e. The third kappa shape index (κ3) is 5.16. The lowest BCUT2D eigenvalue weighted by atomic mass is 9.96. The number of amides is 1. The van der Waals surface area contributed by atoms with Crippen molar-refractivity contribution in [1.29, 1.82) is 0 Å². The van der Waals surface area contributed by atoms with Gasteiger partial charge in [0.25, 0.3) is 0 Å². The molecule has 0 aromatic carbocycles. The van der Waals surface area contributed by atoms with Crippen LogP contribution in [0.4, 0.5) is 10.9 Å². The minimum atomic E-state index is 0.136. The van der Waals surface area contributed by atoms with Crippen molar-refractivity contribution in [2.24, 2.45) is 0 Å². The Morgan fingerprint density at radius 1 is 1.27 bits per heavy atom.